The fourth-order valence-electron chi connectivity index (χ4n) is 3.53. The van der Waals surface area contributed by atoms with E-state index < -0.39 is 16.0 Å². The first-order valence-electron chi connectivity index (χ1n) is 10.2. The Hall–Kier alpha value is -3.27. The summed E-state index contributed by atoms with van der Waals surface area (Å²) in [5, 5.41) is 8.99. The van der Waals surface area contributed by atoms with Crippen LogP contribution in [-0.2, 0) is 27.8 Å². The minimum atomic E-state index is -3.92. The number of aliphatic carboxylic acids is 1. The van der Waals surface area contributed by atoms with Crippen molar-refractivity contribution in [3.05, 3.63) is 81.8 Å². The number of carbonyl (C=O) groups is 1. The third kappa shape index (κ3) is 5.11. The molecule has 176 valence electrons. The second kappa shape index (κ2) is 9.54. The topological polar surface area (TPSA) is 127 Å². The maximum absolute atomic E-state index is 12.7. The van der Waals surface area contributed by atoms with Gasteiger partial charge < -0.3 is 15.4 Å². The van der Waals surface area contributed by atoms with Gasteiger partial charge in [-0.3, -0.25) is 9.52 Å². The molecule has 0 spiro atoms. The van der Waals surface area contributed by atoms with E-state index in [1.165, 1.54) is 18.2 Å². The van der Waals surface area contributed by atoms with E-state index >= 15 is 0 Å². The Kier molecular flexibility index (Phi) is 6.70. The number of nitrogens with one attached hydrogen (secondary N) is 1. The van der Waals surface area contributed by atoms with Crippen molar-refractivity contribution in [3.8, 4) is 0 Å². The Labute approximate surface area is 206 Å². The van der Waals surface area contributed by atoms with Crippen molar-refractivity contribution in [2.24, 2.45) is 0 Å². The molecule has 0 aliphatic carbocycles. The van der Waals surface area contributed by atoms with Crippen molar-refractivity contribution in [2.75, 3.05) is 10.5 Å². The van der Waals surface area contributed by atoms with E-state index in [1.54, 1.807) is 24.3 Å². The van der Waals surface area contributed by atoms with Crippen molar-refractivity contribution in [3.63, 3.8) is 0 Å². The van der Waals surface area contributed by atoms with Crippen LogP contribution in [0.4, 0.5) is 11.6 Å². The summed E-state index contributed by atoms with van der Waals surface area (Å²) in [6.07, 6.45) is 0.455. The molecule has 0 atom stereocenters. The number of sulfonamides is 1. The normalized spacial score (nSPS) is 11.6. The van der Waals surface area contributed by atoms with Crippen LogP contribution >= 0.6 is 23.2 Å². The van der Waals surface area contributed by atoms with Crippen LogP contribution in [0.5, 0.6) is 0 Å². The summed E-state index contributed by atoms with van der Waals surface area (Å²) < 4.78 is 29.7. The molecule has 4 aromatic rings. The average molecular weight is 519 g/mol. The third-order valence-corrected chi connectivity index (χ3v) is 7.58. The molecule has 8 nitrogen and oxygen atoms in total. The Morgan fingerprint density at radius 1 is 1.06 bits per heavy atom. The van der Waals surface area contributed by atoms with Gasteiger partial charge in [-0.25, -0.2) is 13.4 Å². The predicted molar refractivity (Wildman–Crippen MR) is 133 cm³/mol. The lowest BCUT2D eigenvalue weighted by atomic mass is 10.1. The smallest absolute Gasteiger partial charge is 0.303 e. The molecule has 0 saturated heterocycles. The molecule has 0 fully saturated rings. The van der Waals surface area contributed by atoms with Crippen LogP contribution in [0.2, 0.25) is 10.0 Å². The monoisotopic (exact) mass is 518 g/mol. The first kappa shape index (κ1) is 23.9. The summed E-state index contributed by atoms with van der Waals surface area (Å²) in [5.74, 6) is -0.530. The highest BCUT2D eigenvalue weighted by Crippen LogP contribution is 2.30. The van der Waals surface area contributed by atoms with Gasteiger partial charge >= 0.3 is 5.97 Å². The van der Waals surface area contributed by atoms with Crippen LogP contribution in [0.15, 0.2) is 65.6 Å². The molecule has 0 unspecified atom stereocenters. The zero-order valence-corrected chi connectivity index (χ0v) is 20.0. The maximum Gasteiger partial charge on any atom is 0.303 e. The molecule has 0 saturated carbocycles. The fourth-order valence-corrected chi connectivity index (χ4v) is 5.35. The number of carboxylic acids is 1. The lowest BCUT2D eigenvalue weighted by molar-refractivity contribution is -0.136. The SMILES string of the molecule is Nc1nc2cc(CCC(=O)O)ccc2n1Cc1ccc(NS(=O)(=O)c2cccc(Cl)c2Cl)cc1. The summed E-state index contributed by atoms with van der Waals surface area (Å²) >= 11 is 12.0. The third-order valence-electron chi connectivity index (χ3n) is 5.22. The van der Waals surface area contributed by atoms with E-state index in [2.05, 4.69) is 9.71 Å². The molecular formula is C23H20Cl2N4O4S. The quantitative estimate of drug-likeness (QED) is 0.307. The number of anilines is 2. The molecule has 0 amide bonds. The van der Waals surface area contributed by atoms with Crippen molar-refractivity contribution in [1.82, 2.24) is 9.55 Å². The highest BCUT2D eigenvalue weighted by molar-refractivity contribution is 7.92. The van der Waals surface area contributed by atoms with E-state index in [-0.39, 0.29) is 21.4 Å². The molecule has 1 aromatic heterocycles. The molecule has 11 heteroatoms. The highest BCUT2D eigenvalue weighted by atomic mass is 35.5. The van der Waals surface area contributed by atoms with E-state index in [0.717, 1.165) is 16.6 Å². The summed E-state index contributed by atoms with van der Waals surface area (Å²) in [6.45, 7) is 0.421. The van der Waals surface area contributed by atoms with Gasteiger partial charge in [0.1, 0.15) is 4.90 Å². The summed E-state index contributed by atoms with van der Waals surface area (Å²) in [5.41, 5.74) is 9.74. The Bertz CT molecular complexity index is 1490. The van der Waals surface area contributed by atoms with E-state index in [0.29, 0.717) is 30.1 Å². The number of benzene rings is 3. The van der Waals surface area contributed by atoms with Crippen LogP contribution in [-0.4, -0.2) is 29.0 Å². The van der Waals surface area contributed by atoms with Gasteiger partial charge in [0.15, 0.2) is 0 Å². The van der Waals surface area contributed by atoms with Gasteiger partial charge in [-0.15, -0.1) is 0 Å². The average Bonchev–Trinajstić information content (AvgIpc) is 3.09. The van der Waals surface area contributed by atoms with Gasteiger partial charge in [0.05, 0.1) is 27.6 Å². The van der Waals surface area contributed by atoms with Crippen LogP contribution in [0, 0.1) is 0 Å². The Morgan fingerprint density at radius 3 is 2.47 bits per heavy atom. The molecule has 4 rings (SSSR count). The largest absolute Gasteiger partial charge is 0.481 e. The van der Waals surface area contributed by atoms with Gasteiger partial charge in [-0.2, -0.15) is 0 Å². The summed E-state index contributed by atoms with van der Waals surface area (Å²) in [4.78, 5) is 15.1. The Morgan fingerprint density at radius 2 is 1.76 bits per heavy atom. The number of hydrogen-bond acceptors (Lipinski definition) is 5. The van der Waals surface area contributed by atoms with Gasteiger partial charge in [0, 0.05) is 12.1 Å². The lowest BCUT2D eigenvalue weighted by Gasteiger charge is -2.11. The first-order valence-corrected chi connectivity index (χ1v) is 12.4. The minimum absolute atomic E-state index is 0.0399. The molecule has 1 heterocycles. The molecule has 0 radical (unpaired) electrons. The van der Waals surface area contributed by atoms with Crippen molar-refractivity contribution >= 4 is 61.9 Å². The van der Waals surface area contributed by atoms with Crippen LogP contribution in [0.1, 0.15) is 17.5 Å². The molecule has 0 aliphatic heterocycles. The second-order valence-corrected chi connectivity index (χ2v) is 10.1. The molecule has 0 aliphatic rings. The van der Waals surface area contributed by atoms with Crippen LogP contribution < -0.4 is 10.5 Å². The number of carboxylic acid groups (broad SMARTS) is 1. The van der Waals surface area contributed by atoms with E-state index in [9.17, 15) is 13.2 Å². The van der Waals surface area contributed by atoms with Gasteiger partial charge in [0.2, 0.25) is 5.95 Å². The lowest BCUT2D eigenvalue weighted by Crippen LogP contribution is -2.13. The number of fused-ring (bicyclic) bond motifs is 1. The summed E-state index contributed by atoms with van der Waals surface area (Å²) in [7, 11) is -3.92. The first-order chi connectivity index (χ1) is 16.1. The standard InChI is InChI=1S/C23H20Cl2N4O4S/c24-17-2-1-3-20(22(17)25)34(32,33)28-16-8-4-15(5-9-16)13-29-19-10-6-14(7-11-21(30)31)12-18(19)27-23(29)26/h1-6,8-10,12,28H,7,11,13H2,(H2,26,27)(H,30,31). The zero-order chi connectivity index (χ0) is 24.5. The maximum atomic E-state index is 12.7. The van der Waals surface area contributed by atoms with Crippen molar-refractivity contribution in [1.29, 1.82) is 0 Å². The number of rotatable bonds is 8. The van der Waals surface area contributed by atoms with Gasteiger partial charge in [-0.1, -0.05) is 47.5 Å². The van der Waals surface area contributed by atoms with Gasteiger partial charge in [0.25, 0.3) is 10.0 Å². The molecule has 3 aromatic carbocycles. The predicted octanol–water partition coefficient (Wildman–Crippen LogP) is 4.79. The Balaban J connectivity index is 1.52. The molecular weight excluding hydrogens is 499 g/mol. The zero-order valence-electron chi connectivity index (χ0n) is 17.7. The van der Waals surface area contributed by atoms with E-state index in [4.69, 9.17) is 34.0 Å². The fraction of sp³-hybridized carbons (Fsp3) is 0.130. The number of nitrogen functional groups attached to an aromatic ring is 1. The number of nitrogens with zero attached hydrogens (tertiary/aromatic N) is 2. The molecule has 0 bridgehead atoms. The second-order valence-electron chi connectivity index (χ2n) is 7.63. The number of aromatic nitrogens is 2. The van der Waals surface area contributed by atoms with Crippen molar-refractivity contribution in [2.45, 2.75) is 24.3 Å². The summed E-state index contributed by atoms with van der Waals surface area (Å²) in [6, 6.07) is 16.8. The van der Waals surface area contributed by atoms with Crippen LogP contribution in [0.3, 0.4) is 0 Å². The van der Waals surface area contributed by atoms with E-state index in [1.807, 2.05) is 22.8 Å². The van der Waals surface area contributed by atoms with Gasteiger partial charge in [-0.05, 0) is 53.9 Å². The number of nitrogens with two attached hydrogens (primary N) is 1. The number of halogens is 2. The molecule has 34 heavy (non-hydrogen) atoms. The molecule has 4 N–H and O–H groups in total. The number of hydrogen-bond donors (Lipinski definition) is 3. The van der Waals surface area contributed by atoms with Crippen molar-refractivity contribution < 1.29 is 18.3 Å². The van der Waals surface area contributed by atoms with Crippen LogP contribution in [0.25, 0.3) is 11.0 Å². The highest BCUT2D eigenvalue weighted by Gasteiger charge is 2.19. The number of aryl methyl sites for hydroxylation is 1. The number of imidazole rings is 1. The minimum Gasteiger partial charge on any atom is -0.481 e.